The standard InChI is InChI=1S/C11H16IN2OP/c1-2-14-11(7-10(12)13-14)16(15,8-3-4-8)9-5-6-9/h7-9H,2-6H2,1H3. The Balaban J connectivity index is 2.07. The van der Waals surface area contributed by atoms with Crippen LogP contribution in [0.1, 0.15) is 32.6 Å². The van der Waals surface area contributed by atoms with Crippen LogP contribution in [0.4, 0.5) is 0 Å². The molecule has 3 nitrogen and oxygen atoms in total. The molecule has 2 aliphatic carbocycles. The highest BCUT2D eigenvalue weighted by atomic mass is 127. The Bertz CT molecular complexity index is 447. The Morgan fingerprint density at radius 2 is 2.00 bits per heavy atom. The van der Waals surface area contributed by atoms with E-state index in [1.54, 1.807) is 0 Å². The SMILES string of the molecule is CCn1nc(I)cc1P(=O)(C1CC1)C1CC1. The highest BCUT2D eigenvalue weighted by Gasteiger charge is 2.53. The van der Waals surface area contributed by atoms with E-state index in [0.29, 0.717) is 11.3 Å². The van der Waals surface area contributed by atoms with Crippen LogP contribution in [0.2, 0.25) is 0 Å². The summed E-state index contributed by atoms with van der Waals surface area (Å²) in [6.07, 6.45) is 4.66. The molecule has 0 N–H and O–H groups in total. The Hall–Kier alpha value is 0.170. The van der Waals surface area contributed by atoms with Gasteiger partial charge in [0, 0.05) is 23.9 Å². The Morgan fingerprint density at radius 1 is 1.44 bits per heavy atom. The molecule has 1 aromatic heterocycles. The minimum Gasteiger partial charge on any atom is -0.316 e. The van der Waals surface area contributed by atoms with Crippen molar-refractivity contribution in [1.29, 1.82) is 0 Å². The largest absolute Gasteiger partial charge is 0.316 e. The number of hydrogen-bond acceptors (Lipinski definition) is 2. The fourth-order valence-corrected chi connectivity index (χ4v) is 7.33. The van der Waals surface area contributed by atoms with Crippen LogP contribution in [0.5, 0.6) is 0 Å². The molecule has 2 aliphatic rings. The molecule has 16 heavy (non-hydrogen) atoms. The molecule has 3 rings (SSSR count). The van der Waals surface area contributed by atoms with E-state index >= 15 is 0 Å². The Kier molecular flexibility index (Phi) is 2.70. The van der Waals surface area contributed by atoms with Crippen molar-refractivity contribution in [3.05, 3.63) is 9.77 Å². The number of rotatable bonds is 4. The summed E-state index contributed by atoms with van der Waals surface area (Å²) < 4.78 is 16.2. The van der Waals surface area contributed by atoms with Gasteiger partial charge in [-0.05, 0) is 55.2 Å². The molecular formula is C11H16IN2OP. The van der Waals surface area contributed by atoms with Gasteiger partial charge in [0.1, 0.15) is 10.8 Å². The maximum absolute atomic E-state index is 13.3. The number of aromatic nitrogens is 2. The molecular weight excluding hydrogens is 334 g/mol. The van der Waals surface area contributed by atoms with Gasteiger partial charge in [0.2, 0.25) is 0 Å². The first-order valence-electron chi connectivity index (χ1n) is 5.99. The van der Waals surface area contributed by atoms with Crippen LogP contribution >= 0.6 is 29.7 Å². The van der Waals surface area contributed by atoms with E-state index in [1.165, 1.54) is 25.7 Å². The normalized spacial score (nSPS) is 21.4. The van der Waals surface area contributed by atoms with Crippen LogP contribution in [0.15, 0.2) is 6.07 Å². The summed E-state index contributed by atoms with van der Waals surface area (Å²) in [5.74, 6) is 0. The van der Waals surface area contributed by atoms with Gasteiger partial charge in [0.05, 0.1) is 5.44 Å². The Morgan fingerprint density at radius 3 is 2.44 bits per heavy atom. The maximum atomic E-state index is 13.3. The molecule has 0 amide bonds. The van der Waals surface area contributed by atoms with Crippen molar-refractivity contribution in [3.8, 4) is 0 Å². The fraction of sp³-hybridized carbons (Fsp3) is 0.727. The van der Waals surface area contributed by atoms with E-state index in [9.17, 15) is 4.57 Å². The summed E-state index contributed by atoms with van der Waals surface area (Å²) in [7, 11) is -2.13. The van der Waals surface area contributed by atoms with Crippen molar-refractivity contribution in [2.75, 3.05) is 0 Å². The van der Waals surface area contributed by atoms with E-state index in [0.717, 1.165) is 15.7 Å². The summed E-state index contributed by atoms with van der Waals surface area (Å²) in [5, 5.41) is 4.45. The number of halogens is 1. The lowest BCUT2D eigenvalue weighted by molar-refractivity contribution is 0.574. The summed E-state index contributed by atoms with van der Waals surface area (Å²) in [4.78, 5) is 0. The quantitative estimate of drug-likeness (QED) is 0.618. The highest BCUT2D eigenvalue weighted by Crippen LogP contribution is 2.69. The van der Waals surface area contributed by atoms with Crippen LogP contribution in [-0.2, 0) is 11.1 Å². The van der Waals surface area contributed by atoms with E-state index in [4.69, 9.17) is 0 Å². The van der Waals surface area contributed by atoms with Crippen molar-refractivity contribution in [2.45, 2.75) is 50.5 Å². The maximum Gasteiger partial charge on any atom is 0.138 e. The topological polar surface area (TPSA) is 34.9 Å². The summed E-state index contributed by atoms with van der Waals surface area (Å²) in [6, 6.07) is 2.06. The van der Waals surface area contributed by atoms with Gasteiger partial charge >= 0.3 is 0 Å². The summed E-state index contributed by atoms with van der Waals surface area (Å²) >= 11 is 2.22. The predicted octanol–water partition coefficient (Wildman–Crippen LogP) is 2.82. The molecule has 0 unspecified atom stereocenters. The van der Waals surface area contributed by atoms with Gasteiger partial charge in [-0.3, -0.25) is 4.68 Å². The van der Waals surface area contributed by atoms with Crippen molar-refractivity contribution in [3.63, 3.8) is 0 Å². The Labute approximate surface area is 109 Å². The van der Waals surface area contributed by atoms with Crippen LogP contribution in [0, 0.1) is 3.70 Å². The lowest BCUT2D eigenvalue weighted by atomic mass is 10.7. The van der Waals surface area contributed by atoms with Gasteiger partial charge < -0.3 is 4.57 Å². The molecule has 0 aromatic carbocycles. The second kappa shape index (κ2) is 3.84. The molecule has 2 fully saturated rings. The van der Waals surface area contributed by atoms with Crippen LogP contribution < -0.4 is 5.44 Å². The molecule has 0 atom stereocenters. The molecule has 2 saturated carbocycles. The minimum atomic E-state index is -2.13. The van der Waals surface area contributed by atoms with E-state index in [2.05, 4.69) is 40.7 Å². The average molecular weight is 350 g/mol. The summed E-state index contributed by atoms with van der Waals surface area (Å²) in [5.41, 5.74) is 2.03. The molecule has 0 saturated heterocycles. The molecule has 88 valence electrons. The molecule has 0 bridgehead atoms. The van der Waals surface area contributed by atoms with Gasteiger partial charge in [0.15, 0.2) is 0 Å². The lowest BCUT2D eigenvalue weighted by Crippen LogP contribution is -2.22. The third-order valence-corrected chi connectivity index (χ3v) is 8.37. The molecule has 5 heteroatoms. The van der Waals surface area contributed by atoms with Gasteiger partial charge in [-0.1, -0.05) is 0 Å². The van der Waals surface area contributed by atoms with Crippen molar-refractivity contribution in [1.82, 2.24) is 9.78 Å². The van der Waals surface area contributed by atoms with Gasteiger partial charge in [-0.2, -0.15) is 5.10 Å². The zero-order valence-electron chi connectivity index (χ0n) is 9.40. The fourth-order valence-electron chi connectivity index (χ4n) is 2.48. The van der Waals surface area contributed by atoms with Gasteiger partial charge in [-0.15, -0.1) is 0 Å². The zero-order chi connectivity index (χ0) is 11.3. The minimum absolute atomic E-state index is 0.484. The third-order valence-electron chi connectivity index (χ3n) is 3.57. The van der Waals surface area contributed by atoms with Crippen molar-refractivity contribution in [2.24, 2.45) is 0 Å². The van der Waals surface area contributed by atoms with Crippen molar-refractivity contribution < 1.29 is 4.57 Å². The lowest BCUT2D eigenvalue weighted by Gasteiger charge is -2.18. The third kappa shape index (κ3) is 1.69. The van der Waals surface area contributed by atoms with Gasteiger partial charge in [-0.25, -0.2) is 0 Å². The first-order chi connectivity index (χ1) is 7.66. The number of nitrogens with zero attached hydrogens (tertiary/aromatic N) is 2. The van der Waals surface area contributed by atoms with Crippen molar-refractivity contribution >= 4 is 35.2 Å². The van der Waals surface area contributed by atoms with Gasteiger partial charge in [0.25, 0.3) is 0 Å². The van der Waals surface area contributed by atoms with E-state index < -0.39 is 7.14 Å². The smallest absolute Gasteiger partial charge is 0.138 e. The molecule has 1 aromatic rings. The summed E-state index contributed by atoms with van der Waals surface area (Å²) in [6.45, 7) is 2.92. The first-order valence-corrected chi connectivity index (χ1v) is 8.92. The highest BCUT2D eigenvalue weighted by molar-refractivity contribution is 14.1. The van der Waals surface area contributed by atoms with Crippen LogP contribution in [0.25, 0.3) is 0 Å². The average Bonchev–Trinajstić information content (AvgIpc) is 3.13. The monoisotopic (exact) mass is 350 g/mol. The molecule has 0 aliphatic heterocycles. The van der Waals surface area contributed by atoms with Crippen LogP contribution in [0.3, 0.4) is 0 Å². The predicted molar refractivity (Wildman–Crippen MR) is 73.9 cm³/mol. The number of aryl methyl sites for hydroxylation is 1. The second-order valence-corrected chi connectivity index (χ2v) is 9.26. The molecule has 0 radical (unpaired) electrons. The second-order valence-electron chi connectivity index (χ2n) is 4.81. The molecule has 0 spiro atoms. The zero-order valence-corrected chi connectivity index (χ0v) is 12.4. The first kappa shape index (κ1) is 11.3. The van der Waals surface area contributed by atoms with E-state index in [1.807, 2.05) is 4.68 Å². The number of hydrogen-bond donors (Lipinski definition) is 0. The molecule has 1 heterocycles. The van der Waals surface area contributed by atoms with Crippen LogP contribution in [-0.4, -0.2) is 21.1 Å². The van der Waals surface area contributed by atoms with E-state index in [-0.39, 0.29) is 0 Å².